The van der Waals surface area contributed by atoms with Crippen molar-refractivity contribution in [3.05, 3.63) is 65.2 Å². The standard InChI is InChI=1S/C20H19F2N3O2.ClH/c21-13-3-1-2-12(8-13)18-11-23-6-7-25(18)20(27)16-10-19(26)24-17-9-14(22)4-5-15(16)17;/h1-5,8-9,16,18,23H,6-7,10-11H2,(H,24,26);1H. The van der Waals surface area contributed by atoms with Crippen LogP contribution >= 0.6 is 12.4 Å². The molecule has 2 aliphatic heterocycles. The monoisotopic (exact) mass is 407 g/mol. The Balaban J connectivity index is 0.00000225. The fourth-order valence-electron chi connectivity index (χ4n) is 3.84. The SMILES string of the molecule is Cl.O=C1CC(C(=O)N2CCNCC2c2cccc(F)c2)c2ccc(F)cc2N1. The number of hydrogen-bond donors (Lipinski definition) is 2. The summed E-state index contributed by atoms with van der Waals surface area (Å²) in [5.74, 6) is -2.02. The minimum atomic E-state index is -0.677. The lowest BCUT2D eigenvalue weighted by Crippen LogP contribution is -2.50. The first-order valence-corrected chi connectivity index (χ1v) is 8.89. The molecule has 0 aliphatic carbocycles. The summed E-state index contributed by atoms with van der Waals surface area (Å²) >= 11 is 0. The van der Waals surface area contributed by atoms with E-state index in [9.17, 15) is 18.4 Å². The molecule has 2 heterocycles. The molecule has 2 N–H and O–H groups in total. The average Bonchev–Trinajstić information content (AvgIpc) is 2.66. The van der Waals surface area contributed by atoms with Gasteiger partial charge >= 0.3 is 0 Å². The molecular formula is C20H20ClF2N3O2. The van der Waals surface area contributed by atoms with Crippen molar-refractivity contribution in [2.45, 2.75) is 18.4 Å². The maximum absolute atomic E-state index is 13.7. The van der Waals surface area contributed by atoms with Crippen LogP contribution in [0.25, 0.3) is 0 Å². The Morgan fingerprint density at radius 1 is 1.11 bits per heavy atom. The van der Waals surface area contributed by atoms with Gasteiger partial charge in [-0.05, 0) is 35.4 Å². The quantitative estimate of drug-likeness (QED) is 0.804. The van der Waals surface area contributed by atoms with Crippen molar-refractivity contribution in [1.29, 1.82) is 0 Å². The Morgan fingerprint density at radius 3 is 2.68 bits per heavy atom. The fourth-order valence-corrected chi connectivity index (χ4v) is 3.84. The van der Waals surface area contributed by atoms with Crippen molar-refractivity contribution in [1.82, 2.24) is 10.2 Å². The van der Waals surface area contributed by atoms with Gasteiger partial charge < -0.3 is 15.5 Å². The molecule has 8 heteroatoms. The van der Waals surface area contributed by atoms with Crippen LogP contribution in [0.2, 0.25) is 0 Å². The topological polar surface area (TPSA) is 61.4 Å². The van der Waals surface area contributed by atoms with Gasteiger partial charge in [-0.1, -0.05) is 18.2 Å². The highest BCUT2D eigenvalue weighted by Gasteiger charge is 2.37. The summed E-state index contributed by atoms with van der Waals surface area (Å²) in [6.07, 6.45) is 0.0112. The van der Waals surface area contributed by atoms with Gasteiger partial charge in [0.1, 0.15) is 11.6 Å². The normalized spacial score (nSPS) is 21.4. The fraction of sp³-hybridized carbons (Fsp3) is 0.300. The van der Waals surface area contributed by atoms with Crippen molar-refractivity contribution < 1.29 is 18.4 Å². The summed E-state index contributed by atoms with van der Waals surface area (Å²) in [6.45, 7) is 1.58. The van der Waals surface area contributed by atoms with Crippen LogP contribution < -0.4 is 10.6 Å². The molecule has 2 aromatic carbocycles. The molecule has 2 aromatic rings. The number of hydrogen-bond acceptors (Lipinski definition) is 3. The molecule has 2 atom stereocenters. The molecule has 4 rings (SSSR count). The minimum absolute atomic E-state index is 0. The van der Waals surface area contributed by atoms with E-state index in [1.165, 1.54) is 24.3 Å². The van der Waals surface area contributed by atoms with Crippen LogP contribution in [0.4, 0.5) is 14.5 Å². The number of rotatable bonds is 2. The molecule has 2 amide bonds. The van der Waals surface area contributed by atoms with Crippen molar-refractivity contribution in [3.8, 4) is 0 Å². The van der Waals surface area contributed by atoms with E-state index < -0.39 is 11.7 Å². The molecule has 0 radical (unpaired) electrons. The van der Waals surface area contributed by atoms with Gasteiger partial charge in [0.05, 0.1) is 12.0 Å². The smallest absolute Gasteiger partial charge is 0.231 e. The largest absolute Gasteiger partial charge is 0.333 e. The Labute approximate surface area is 167 Å². The summed E-state index contributed by atoms with van der Waals surface area (Å²) in [5.41, 5.74) is 1.65. The van der Waals surface area contributed by atoms with E-state index in [0.717, 1.165) is 0 Å². The number of halogens is 3. The first-order valence-electron chi connectivity index (χ1n) is 8.89. The van der Waals surface area contributed by atoms with Crippen LogP contribution in [0.1, 0.15) is 29.5 Å². The highest BCUT2D eigenvalue weighted by atomic mass is 35.5. The molecule has 0 spiro atoms. The predicted molar refractivity (Wildman–Crippen MR) is 103 cm³/mol. The van der Waals surface area contributed by atoms with Gasteiger partial charge in [-0.25, -0.2) is 8.78 Å². The number of carbonyl (C=O) groups excluding carboxylic acids is 2. The zero-order valence-electron chi connectivity index (χ0n) is 15.0. The van der Waals surface area contributed by atoms with Gasteiger partial charge in [0.2, 0.25) is 11.8 Å². The van der Waals surface area contributed by atoms with Crippen LogP contribution in [-0.2, 0) is 9.59 Å². The number of benzene rings is 2. The number of nitrogens with zero attached hydrogens (tertiary/aromatic N) is 1. The first-order chi connectivity index (χ1) is 13.0. The average molecular weight is 408 g/mol. The third-order valence-electron chi connectivity index (χ3n) is 5.11. The summed E-state index contributed by atoms with van der Waals surface area (Å²) < 4.78 is 27.2. The third-order valence-corrected chi connectivity index (χ3v) is 5.11. The van der Waals surface area contributed by atoms with Gasteiger partial charge in [0, 0.05) is 31.7 Å². The van der Waals surface area contributed by atoms with Gasteiger partial charge in [-0.2, -0.15) is 0 Å². The van der Waals surface area contributed by atoms with E-state index in [1.54, 1.807) is 23.1 Å². The van der Waals surface area contributed by atoms with Gasteiger partial charge in [-0.3, -0.25) is 9.59 Å². The zero-order valence-corrected chi connectivity index (χ0v) is 15.8. The molecule has 0 bridgehead atoms. The van der Waals surface area contributed by atoms with Crippen LogP contribution in [0.3, 0.4) is 0 Å². The second-order valence-electron chi connectivity index (χ2n) is 6.84. The van der Waals surface area contributed by atoms with Gasteiger partial charge in [0.25, 0.3) is 0 Å². The number of carbonyl (C=O) groups is 2. The molecule has 28 heavy (non-hydrogen) atoms. The van der Waals surface area contributed by atoms with Crippen LogP contribution in [0.15, 0.2) is 42.5 Å². The maximum Gasteiger partial charge on any atom is 0.231 e. The van der Waals surface area contributed by atoms with E-state index >= 15 is 0 Å². The number of amides is 2. The second-order valence-corrected chi connectivity index (χ2v) is 6.84. The molecule has 1 saturated heterocycles. The molecule has 2 unspecified atom stereocenters. The van der Waals surface area contributed by atoms with Crippen molar-refractivity contribution >= 4 is 29.9 Å². The molecule has 1 fully saturated rings. The lowest BCUT2D eigenvalue weighted by Gasteiger charge is -2.39. The van der Waals surface area contributed by atoms with Crippen LogP contribution in [0, 0.1) is 11.6 Å². The van der Waals surface area contributed by atoms with E-state index in [1.807, 2.05) is 0 Å². The summed E-state index contributed by atoms with van der Waals surface area (Å²) in [7, 11) is 0. The van der Waals surface area contributed by atoms with Crippen molar-refractivity contribution in [2.75, 3.05) is 25.0 Å². The van der Waals surface area contributed by atoms with Crippen LogP contribution in [0.5, 0.6) is 0 Å². The van der Waals surface area contributed by atoms with Crippen molar-refractivity contribution in [3.63, 3.8) is 0 Å². The maximum atomic E-state index is 13.7. The third kappa shape index (κ3) is 3.86. The predicted octanol–water partition coefficient (Wildman–Crippen LogP) is 2.99. The Bertz CT molecular complexity index is 909. The van der Waals surface area contributed by atoms with E-state index in [0.29, 0.717) is 36.4 Å². The number of anilines is 1. The van der Waals surface area contributed by atoms with Gasteiger partial charge in [0.15, 0.2) is 0 Å². The molecular weight excluding hydrogens is 388 g/mol. The number of fused-ring (bicyclic) bond motifs is 1. The highest BCUT2D eigenvalue weighted by Crippen LogP contribution is 2.36. The minimum Gasteiger partial charge on any atom is -0.333 e. The molecule has 2 aliphatic rings. The molecule has 0 aromatic heterocycles. The van der Waals surface area contributed by atoms with Gasteiger partial charge in [-0.15, -0.1) is 12.4 Å². The highest BCUT2D eigenvalue weighted by molar-refractivity contribution is 6.01. The lowest BCUT2D eigenvalue weighted by atomic mass is 9.88. The Kier molecular flexibility index (Phi) is 5.96. The summed E-state index contributed by atoms with van der Waals surface area (Å²) in [6, 6.07) is 9.94. The second kappa shape index (κ2) is 8.24. The first kappa shape index (κ1) is 20.2. The van der Waals surface area contributed by atoms with Crippen molar-refractivity contribution in [2.24, 2.45) is 0 Å². The van der Waals surface area contributed by atoms with Crippen LogP contribution in [-0.4, -0.2) is 36.3 Å². The Morgan fingerprint density at radius 2 is 1.89 bits per heavy atom. The van der Waals surface area contributed by atoms with E-state index in [4.69, 9.17) is 0 Å². The zero-order chi connectivity index (χ0) is 19.0. The Hall–Kier alpha value is -2.51. The summed E-state index contributed by atoms with van der Waals surface area (Å²) in [5, 5.41) is 5.86. The lowest BCUT2D eigenvalue weighted by molar-refractivity contribution is -0.138. The molecule has 148 valence electrons. The number of nitrogens with one attached hydrogen (secondary N) is 2. The van der Waals surface area contributed by atoms with E-state index in [-0.39, 0.29) is 42.5 Å². The van der Waals surface area contributed by atoms with E-state index in [2.05, 4.69) is 10.6 Å². The molecule has 5 nitrogen and oxygen atoms in total. The number of piperazine rings is 1. The molecule has 0 saturated carbocycles. The summed E-state index contributed by atoms with van der Waals surface area (Å²) in [4.78, 5) is 27.1.